The molecule has 1 amide bonds. The van der Waals surface area contributed by atoms with Gasteiger partial charge in [0.2, 0.25) is 11.8 Å². The van der Waals surface area contributed by atoms with Gasteiger partial charge in [0.25, 0.3) is 5.89 Å². The fraction of sp³-hybridized carbons (Fsp3) is 0.412. The Morgan fingerprint density at radius 1 is 1.20 bits per heavy atom. The second kappa shape index (κ2) is 8.11. The molecule has 1 aromatic carbocycles. The summed E-state index contributed by atoms with van der Waals surface area (Å²) in [5, 5.41) is 11.0. The highest BCUT2D eigenvalue weighted by atomic mass is 35.5. The van der Waals surface area contributed by atoms with E-state index in [9.17, 15) is 9.59 Å². The Morgan fingerprint density at radius 2 is 1.88 bits per heavy atom. The van der Waals surface area contributed by atoms with E-state index >= 15 is 0 Å². The van der Waals surface area contributed by atoms with Crippen LogP contribution in [0.5, 0.6) is 0 Å². The van der Waals surface area contributed by atoms with Crippen molar-refractivity contribution in [3.8, 4) is 11.5 Å². The lowest BCUT2D eigenvalue weighted by Crippen LogP contribution is -2.36. The molecule has 0 spiro atoms. The van der Waals surface area contributed by atoms with Crippen LogP contribution in [0.3, 0.4) is 0 Å². The number of nitrogens with one attached hydrogen (secondary N) is 1. The van der Waals surface area contributed by atoms with E-state index in [0.29, 0.717) is 10.9 Å². The van der Waals surface area contributed by atoms with Crippen LogP contribution >= 0.6 is 11.6 Å². The number of ether oxygens (including phenoxy) is 1. The average Bonchev–Trinajstić information content (AvgIpc) is 3.01. The summed E-state index contributed by atoms with van der Waals surface area (Å²) < 4.78 is 10.5. The van der Waals surface area contributed by atoms with Gasteiger partial charge in [-0.3, -0.25) is 9.59 Å². The molecular formula is C17H20ClN3O4. The zero-order valence-electron chi connectivity index (χ0n) is 14.3. The quantitative estimate of drug-likeness (QED) is 0.791. The summed E-state index contributed by atoms with van der Waals surface area (Å²) in [5.41, 5.74) is 0.227. The number of hydrogen-bond acceptors (Lipinski definition) is 6. The van der Waals surface area contributed by atoms with E-state index in [1.54, 1.807) is 45.0 Å². The highest BCUT2D eigenvalue weighted by Crippen LogP contribution is 2.20. The molecule has 0 unspecified atom stereocenters. The lowest BCUT2D eigenvalue weighted by molar-refractivity contribution is -0.145. The van der Waals surface area contributed by atoms with Crippen LogP contribution in [-0.4, -0.2) is 28.6 Å². The summed E-state index contributed by atoms with van der Waals surface area (Å²) in [5.74, 6) is -0.0672. The van der Waals surface area contributed by atoms with E-state index in [2.05, 4.69) is 15.5 Å². The summed E-state index contributed by atoms with van der Waals surface area (Å²) in [7, 11) is 0. The van der Waals surface area contributed by atoms with Gasteiger partial charge in [0.1, 0.15) is 0 Å². The van der Waals surface area contributed by atoms with Crippen molar-refractivity contribution in [2.24, 2.45) is 5.41 Å². The Labute approximate surface area is 150 Å². The largest absolute Gasteiger partial charge is 0.456 e. The van der Waals surface area contributed by atoms with Gasteiger partial charge in [-0.2, -0.15) is 0 Å². The summed E-state index contributed by atoms with van der Waals surface area (Å²) in [6, 6.07) is 6.94. The van der Waals surface area contributed by atoms with Crippen LogP contribution in [0.25, 0.3) is 11.5 Å². The van der Waals surface area contributed by atoms with Crippen molar-refractivity contribution in [3.05, 3.63) is 35.2 Å². The molecule has 8 heteroatoms. The Morgan fingerprint density at radius 3 is 2.52 bits per heavy atom. The van der Waals surface area contributed by atoms with Crippen LogP contribution in [0.2, 0.25) is 5.02 Å². The van der Waals surface area contributed by atoms with Crippen molar-refractivity contribution in [2.75, 3.05) is 6.54 Å². The predicted octanol–water partition coefficient (Wildman–Crippen LogP) is 2.99. The van der Waals surface area contributed by atoms with Gasteiger partial charge in [-0.15, -0.1) is 10.2 Å². The van der Waals surface area contributed by atoms with Gasteiger partial charge in [-0.1, -0.05) is 32.4 Å². The Balaban J connectivity index is 1.77. The second-order valence-electron chi connectivity index (χ2n) is 6.42. The third kappa shape index (κ3) is 5.86. The molecule has 25 heavy (non-hydrogen) atoms. The highest BCUT2D eigenvalue weighted by molar-refractivity contribution is 6.30. The fourth-order valence-corrected chi connectivity index (χ4v) is 1.90. The van der Waals surface area contributed by atoms with Crippen LogP contribution in [0, 0.1) is 5.41 Å². The molecular weight excluding hydrogens is 346 g/mol. The molecule has 1 heterocycles. The van der Waals surface area contributed by atoms with E-state index in [1.165, 1.54) is 0 Å². The second-order valence-corrected chi connectivity index (χ2v) is 6.86. The van der Waals surface area contributed by atoms with Crippen LogP contribution in [0.1, 0.15) is 33.1 Å². The van der Waals surface area contributed by atoms with Crippen molar-refractivity contribution in [1.29, 1.82) is 0 Å². The van der Waals surface area contributed by atoms with Gasteiger partial charge in [-0.05, 0) is 24.3 Å². The number of carbonyl (C=O) groups is 2. The molecule has 0 aliphatic rings. The minimum atomic E-state index is -0.494. The molecule has 0 radical (unpaired) electrons. The maximum absolute atomic E-state index is 11.7. The van der Waals surface area contributed by atoms with Gasteiger partial charge in [0.05, 0.1) is 6.42 Å². The molecule has 0 atom stereocenters. The molecule has 1 aromatic heterocycles. The molecule has 0 saturated carbocycles. The molecule has 0 saturated heterocycles. The zero-order valence-corrected chi connectivity index (χ0v) is 15.1. The van der Waals surface area contributed by atoms with Crippen molar-refractivity contribution in [2.45, 2.75) is 33.8 Å². The smallest absolute Gasteiger partial charge is 0.308 e. The number of amides is 1. The van der Waals surface area contributed by atoms with Crippen LogP contribution in [0.4, 0.5) is 0 Å². The number of nitrogens with zero attached hydrogens (tertiary/aromatic N) is 2. The summed E-state index contributed by atoms with van der Waals surface area (Å²) in [6.07, 6.45) is 0.0694. The lowest BCUT2D eigenvalue weighted by Gasteiger charge is -2.17. The van der Waals surface area contributed by atoms with Crippen molar-refractivity contribution in [1.82, 2.24) is 15.5 Å². The number of carbonyl (C=O) groups excluding carboxylic acids is 2. The van der Waals surface area contributed by atoms with E-state index in [1.807, 2.05) is 0 Å². The SMILES string of the molecule is CC(C)(C)C(=O)NCCC(=O)OCc1nnc(-c2ccc(Cl)cc2)o1. The number of benzene rings is 1. The van der Waals surface area contributed by atoms with Crippen molar-refractivity contribution in [3.63, 3.8) is 0 Å². The van der Waals surface area contributed by atoms with Gasteiger partial charge >= 0.3 is 5.97 Å². The Hall–Kier alpha value is -2.41. The molecule has 0 fully saturated rings. The monoisotopic (exact) mass is 365 g/mol. The lowest BCUT2D eigenvalue weighted by atomic mass is 9.96. The summed E-state index contributed by atoms with van der Waals surface area (Å²) in [6.45, 7) is 5.50. The maximum Gasteiger partial charge on any atom is 0.308 e. The third-order valence-electron chi connectivity index (χ3n) is 3.21. The molecule has 2 aromatic rings. The third-order valence-corrected chi connectivity index (χ3v) is 3.46. The van der Waals surface area contributed by atoms with Crippen molar-refractivity contribution >= 4 is 23.5 Å². The molecule has 7 nitrogen and oxygen atoms in total. The molecule has 0 bridgehead atoms. The minimum Gasteiger partial charge on any atom is -0.456 e. The van der Waals surface area contributed by atoms with Crippen molar-refractivity contribution < 1.29 is 18.7 Å². The number of halogens is 1. The first-order valence-corrected chi connectivity index (χ1v) is 8.16. The first-order chi connectivity index (χ1) is 11.8. The molecule has 0 aliphatic carbocycles. The highest BCUT2D eigenvalue weighted by Gasteiger charge is 2.20. The van der Waals surface area contributed by atoms with Gasteiger partial charge in [0, 0.05) is 22.5 Å². The topological polar surface area (TPSA) is 94.3 Å². The molecule has 2 rings (SSSR count). The molecule has 1 N–H and O–H groups in total. The average molecular weight is 366 g/mol. The van der Waals surface area contributed by atoms with E-state index in [0.717, 1.165) is 5.56 Å². The predicted molar refractivity (Wildman–Crippen MR) is 91.6 cm³/mol. The first kappa shape index (κ1) is 18.9. The number of aromatic nitrogens is 2. The van der Waals surface area contributed by atoms with Gasteiger partial charge in [-0.25, -0.2) is 0 Å². The molecule has 0 aliphatic heterocycles. The number of rotatable bonds is 6. The standard InChI is InChI=1S/C17H20ClN3O4/c1-17(2,3)16(23)19-9-8-14(22)24-10-13-20-21-15(25-13)11-4-6-12(18)7-5-11/h4-7H,8-10H2,1-3H3,(H,19,23). The Kier molecular flexibility index (Phi) is 6.14. The zero-order chi connectivity index (χ0) is 18.4. The van der Waals surface area contributed by atoms with Crippen LogP contribution in [-0.2, 0) is 20.9 Å². The normalized spacial score (nSPS) is 11.2. The number of esters is 1. The van der Waals surface area contributed by atoms with E-state index in [-0.39, 0.29) is 31.4 Å². The number of hydrogen-bond donors (Lipinski definition) is 1. The first-order valence-electron chi connectivity index (χ1n) is 7.78. The fourth-order valence-electron chi connectivity index (χ4n) is 1.78. The summed E-state index contributed by atoms with van der Waals surface area (Å²) >= 11 is 5.82. The van der Waals surface area contributed by atoms with Crippen LogP contribution < -0.4 is 5.32 Å². The maximum atomic E-state index is 11.7. The molecule has 134 valence electrons. The van der Waals surface area contributed by atoms with Gasteiger partial charge in [0.15, 0.2) is 6.61 Å². The Bertz CT molecular complexity index is 735. The van der Waals surface area contributed by atoms with Gasteiger partial charge < -0.3 is 14.5 Å². The minimum absolute atomic E-state index is 0.0694. The van der Waals surface area contributed by atoms with E-state index in [4.69, 9.17) is 20.8 Å². The van der Waals surface area contributed by atoms with E-state index < -0.39 is 11.4 Å². The van der Waals surface area contributed by atoms with Crippen LogP contribution in [0.15, 0.2) is 28.7 Å². The summed E-state index contributed by atoms with van der Waals surface area (Å²) in [4.78, 5) is 23.4.